The second-order valence-corrected chi connectivity index (χ2v) is 4.71. The second kappa shape index (κ2) is 6.26. The number of hydrogen-bond acceptors (Lipinski definition) is 2. The summed E-state index contributed by atoms with van der Waals surface area (Å²) in [6.07, 6.45) is -3.98. The molecule has 0 saturated heterocycles. The summed E-state index contributed by atoms with van der Waals surface area (Å²) >= 11 is 0. The molecule has 0 spiro atoms. The van der Waals surface area contributed by atoms with Crippen molar-refractivity contribution in [1.82, 2.24) is 14.9 Å². The zero-order chi connectivity index (χ0) is 14.6. The van der Waals surface area contributed by atoms with E-state index < -0.39 is 12.6 Å². The quantitative estimate of drug-likeness (QED) is 0.823. The van der Waals surface area contributed by atoms with Gasteiger partial charge < -0.3 is 9.88 Å². The summed E-state index contributed by atoms with van der Waals surface area (Å²) in [5.41, 5.74) is 1.91. The molecule has 0 radical (unpaired) electrons. The number of aryl methyl sites for hydroxylation is 1. The lowest BCUT2D eigenvalue weighted by Crippen LogP contribution is -2.23. The maximum Gasteiger partial charge on any atom is 0.390 e. The minimum absolute atomic E-state index is 0.0845. The van der Waals surface area contributed by atoms with Crippen LogP contribution < -0.4 is 5.32 Å². The fraction of sp³-hybridized carbons (Fsp3) is 0.500. The highest BCUT2D eigenvalue weighted by molar-refractivity contribution is 5.75. The molecule has 0 saturated carbocycles. The molecule has 20 heavy (non-hydrogen) atoms. The summed E-state index contributed by atoms with van der Waals surface area (Å²) in [6, 6.07) is 7.75. The predicted octanol–water partition coefficient (Wildman–Crippen LogP) is 3.49. The highest BCUT2D eigenvalue weighted by Gasteiger charge is 2.26. The van der Waals surface area contributed by atoms with Gasteiger partial charge in [-0.15, -0.1) is 0 Å². The SMILES string of the molecule is CCCn1c(CNCCC(F)(F)F)nc2ccccc21. The van der Waals surface area contributed by atoms with Gasteiger partial charge in [0.15, 0.2) is 0 Å². The van der Waals surface area contributed by atoms with E-state index in [0.29, 0.717) is 6.54 Å². The van der Waals surface area contributed by atoms with E-state index in [2.05, 4.69) is 21.8 Å². The number of benzene rings is 1. The van der Waals surface area contributed by atoms with E-state index in [4.69, 9.17) is 0 Å². The van der Waals surface area contributed by atoms with Gasteiger partial charge in [-0.1, -0.05) is 19.1 Å². The molecule has 0 amide bonds. The molecule has 1 heterocycles. The fourth-order valence-corrected chi connectivity index (χ4v) is 2.16. The van der Waals surface area contributed by atoms with Crippen molar-refractivity contribution in [1.29, 1.82) is 0 Å². The van der Waals surface area contributed by atoms with Crippen molar-refractivity contribution in [3.63, 3.8) is 0 Å². The molecule has 0 atom stereocenters. The number of halogens is 3. The van der Waals surface area contributed by atoms with Gasteiger partial charge in [-0.3, -0.25) is 0 Å². The molecule has 1 aromatic heterocycles. The maximum absolute atomic E-state index is 12.1. The van der Waals surface area contributed by atoms with E-state index in [1.54, 1.807) is 0 Å². The van der Waals surface area contributed by atoms with Crippen LogP contribution in [0.3, 0.4) is 0 Å². The Morgan fingerprint density at radius 1 is 1.25 bits per heavy atom. The molecular formula is C14H18F3N3. The third-order valence-electron chi connectivity index (χ3n) is 3.05. The van der Waals surface area contributed by atoms with Gasteiger partial charge in [0.25, 0.3) is 0 Å². The molecule has 6 heteroatoms. The van der Waals surface area contributed by atoms with Crippen molar-refractivity contribution in [3.05, 3.63) is 30.1 Å². The van der Waals surface area contributed by atoms with Gasteiger partial charge in [-0.25, -0.2) is 4.98 Å². The highest BCUT2D eigenvalue weighted by atomic mass is 19.4. The fourth-order valence-electron chi connectivity index (χ4n) is 2.16. The number of alkyl halides is 3. The Kier molecular flexibility index (Phi) is 4.65. The number of para-hydroxylation sites is 2. The Balaban J connectivity index is 2.07. The second-order valence-electron chi connectivity index (χ2n) is 4.71. The molecule has 0 aliphatic rings. The predicted molar refractivity (Wildman–Crippen MR) is 72.4 cm³/mol. The minimum atomic E-state index is -4.11. The lowest BCUT2D eigenvalue weighted by Gasteiger charge is -2.10. The summed E-state index contributed by atoms with van der Waals surface area (Å²) < 4.78 is 38.3. The first-order valence-corrected chi connectivity index (χ1v) is 6.73. The zero-order valence-electron chi connectivity index (χ0n) is 11.4. The van der Waals surface area contributed by atoms with Crippen LogP contribution in [0.5, 0.6) is 0 Å². The summed E-state index contributed by atoms with van der Waals surface area (Å²) in [6.45, 7) is 3.15. The Morgan fingerprint density at radius 3 is 2.70 bits per heavy atom. The molecule has 3 nitrogen and oxygen atoms in total. The van der Waals surface area contributed by atoms with E-state index in [1.165, 1.54) is 0 Å². The number of aromatic nitrogens is 2. The van der Waals surface area contributed by atoms with Gasteiger partial charge in [-0.05, 0) is 18.6 Å². The Morgan fingerprint density at radius 2 is 2.00 bits per heavy atom. The smallest absolute Gasteiger partial charge is 0.327 e. The van der Waals surface area contributed by atoms with Crippen LogP contribution in [0.15, 0.2) is 24.3 Å². The van der Waals surface area contributed by atoms with Crippen molar-refractivity contribution >= 4 is 11.0 Å². The first-order chi connectivity index (χ1) is 9.51. The first-order valence-electron chi connectivity index (χ1n) is 6.73. The molecule has 0 aliphatic heterocycles. The van der Waals surface area contributed by atoms with Gasteiger partial charge >= 0.3 is 6.18 Å². The Labute approximate surface area is 115 Å². The monoisotopic (exact) mass is 285 g/mol. The summed E-state index contributed by atoms with van der Waals surface area (Å²) in [4.78, 5) is 4.48. The summed E-state index contributed by atoms with van der Waals surface area (Å²) in [5.74, 6) is 0.787. The molecule has 0 aliphatic carbocycles. The Hall–Kier alpha value is -1.56. The van der Waals surface area contributed by atoms with Crippen LogP contribution in [0.4, 0.5) is 13.2 Å². The molecular weight excluding hydrogens is 267 g/mol. The molecule has 2 aromatic rings. The van der Waals surface area contributed by atoms with Crippen LogP contribution >= 0.6 is 0 Å². The van der Waals surface area contributed by atoms with E-state index in [1.807, 2.05) is 24.3 Å². The number of nitrogens with one attached hydrogen (secondary N) is 1. The molecule has 0 unspecified atom stereocenters. The van der Waals surface area contributed by atoms with Crippen molar-refractivity contribution in [2.75, 3.05) is 6.54 Å². The lowest BCUT2D eigenvalue weighted by atomic mass is 10.3. The molecule has 0 fully saturated rings. The number of hydrogen-bond donors (Lipinski definition) is 1. The molecule has 0 bridgehead atoms. The number of fused-ring (bicyclic) bond motifs is 1. The number of nitrogens with zero attached hydrogens (tertiary/aromatic N) is 2. The van der Waals surface area contributed by atoms with Crippen LogP contribution in [-0.2, 0) is 13.1 Å². The van der Waals surface area contributed by atoms with Crippen LogP contribution in [0.2, 0.25) is 0 Å². The van der Waals surface area contributed by atoms with Crippen molar-refractivity contribution in [2.45, 2.75) is 39.0 Å². The molecule has 1 N–H and O–H groups in total. The maximum atomic E-state index is 12.1. The van der Waals surface area contributed by atoms with Gasteiger partial charge in [0.2, 0.25) is 0 Å². The van der Waals surface area contributed by atoms with Crippen molar-refractivity contribution in [3.8, 4) is 0 Å². The van der Waals surface area contributed by atoms with Crippen LogP contribution in [0.1, 0.15) is 25.6 Å². The van der Waals surface area contributed by atoms with Crippen molar-refractivity contribution in [2.24, 2.45) is 0 Å². The van der Waals surface area contributed by atoms with E-state index >= 15 is 0 Å². The van der Waals surface area contributed by atoms with E-state index in [9.17, 15) is 13.2 Å². The average Bonchev–Trinajstić information content (AvgIpc) is 2.73. The number of imidazole rings is 1. The standard InChI is InChI=1S/C14H18F3N3/c1-2-9-20-12-6-4-3-5-11(12)19-13(20)10-18-8-7-14(15,16)17/h3-6,18H,2,7-10H2,1H3. The molecule has 2 rings (SSSR count). The molecule has 1 aromatic carbocycles. The normalized spacial score (nSPS) is 12.2. The third-order valence-corrected chi connectivity index (χ3v) is 3.05. The van der Waals surface area contributed by atoms with E-state index in [0.717, 1.165) is 29.8 Å². The number of rotatable bonds is 6. The Bertz CT molecular complexity index is 560. The van der Waals surface area contributed by atoms with Crippen molar-refractivity contribution < 1.29 is 13.2 Å². The topological polar surface area (TPSA) is 29.9 Å². The van der Waals surface area contributed by atoms with Crippen LogP contribution in [0.25, 0.3) is 11.0 Å². The average molecular weight is 285 g/mol. The van der Waals surface area contributed by atoms with Crippen LogP contribution in [-0.4, -0.2) is 22.3 Å². The van der Waals surface area contributed by atoms with E-state index in [-0.39, 0.29) is 6.54 Å². The first kappa shape index (κ1) is 14.8. The minimum Gasteiger partial charge on any atom is -0.327 e. The highest BCUT2D eigenvalue weighted by Crippen LogP contribution is 2.19. The van der Waals surface area contributed by atoms with Gasteiger partial charge in [-0.2, -0.15) is 13.2 Å². The largest absolute Gasteiger partial charge is 0.390 e. The molecule has 110 valence electrons. The van der Waals surface area contributed by atoms with Gasteiger partial charge in [0, 0.05) is 13.1 Å². The lowest BCUT2D eigenvalue weighted by molar-refractivity contribution is -0.133. The van der Waals surface area contributed by atoms with Gasteiger partial charge in [0.1, 0.15) is 5.82 Å². The summed E-state index contributed by atoms with van der Waals surface area (Å²) in [7, 11) is 0. The van der Waals surface area contributed by atoms with Crippen LogP contribution in [0, 0.1) is 0 Å². The zero-order valence-corrected chi connectivity index (χ0v) is 11.4. The van der Waals surface area contributed by atoms with Gasteiger partial charge in [0.05, 0.1) is 24.0 Å². The third kappa shape index (κ3) is 3.72. The summed E-state index contributed by atoms with van der Waals surface area (Å²) in [5, 5.41) is 2.81.